The number of nitrogens with one attached hydrogen (secondary N) is 2. The molecule has 130 valence electrons. The van der Waals surface area contributed by atoms with Gasteiger partial charge >= 0.3 is 6.03 Å². The van der Waals surface area contributed by atoms with Gasteiger partial charge in [0.25, 0.3) is 0 Å². The van der Waals surface area contributed by atoms with Crippen molar-refractivity contribution in [2.45, 2.75) is 56.5 Å². The maximum atomic E-state index is 12.5. The third-order valence-electron chi connectivity index (χ3n) is 5.25. The fourth-order valence-corrected chi connectivity index (χ4v) is 3.89. The van der Waals surface area contributed by atoms with Crippen LogP contribution in [0.4, 0.5) is 4.79 Å². The SMILES string of the molecule is COc1ccc2c(c1)CCC[C@H]2NC(=O)NC1(C(N)=O)CCCC1. The molecule has 2 aliphatic rings. The van der Waals surface area contributed by atoms with Gasteiger partial charge in [-0.2, -0.15) is 0 Å². The van der Waals surface area contributed by atoms with Crippen LogP contribution in [0.25, 0.3) is 0 Å². The van der Waals surface area contributed by atoms with Crippen LogP contribution in [-0.4, -0.2) is 24.6 Å². The lowest BCUT2D eigenvalue weighted by Crippen LogP contribution is -2.58. The van der Waals surface area contributed by atoms with Gasteiger partial charge in [0.05, 0.1) is 13.2 Å². The Morgan fingerprint density at radius 3 is 2.67 bits per heavy atom. The molecule has 1 fully saturated rings. The Morgan fingerprint density at radius 2 is 2.00 bits per heavy atom. The van der Waals surface area contributed by atoms with Crippen LogP contribution in [-0.2, 0) is 11.2 Å². The Balaban J connectivity index is 1.71. The number of carbonyl (C=O) groups is 2. The van der Waals surface area contributed by atoms with E-state index >= 15 is 0 Å². The van der Waals surface area contributed by atoms with Crippen molar-refractivity contribution in [1.29, 1.82) is 0 Å². The lowest BCUT2D eigenvalue weighted by atomic mass is 9.87. The van der Waals surface area contributed by atoms with E-state index in [0.717, 1.165) is 43.4 Å². The summed E-state index contributed by atoms with van der Waals surface area (Å²) in [6, 6.07) is 5.59. The molecular formula is C18H25N3O3. The zero-order valence-electron chi connectivity index (χ0n) is 14.1. The van der Waals surface area contributed by atoms with Crippen molar-refractivity contribution >= 4 is 11.9 Å². The van der Waals surface area contributed by atoms with E-state index in [1.54, 1.807) is 7.11 Å². The third kappa shape index (κ3) is 3.18. The maximum Gasteiger partial charge on any atom is 0.316 e. The Bertz CT molecular complexity index is 638. The van der Waals surface area contributed by atoms with Crippen molar-refractivity contribution in [1.82, 2.24) is 10.6 Å². The molecule has 0 bridgehead atoms. The molecule has 2 aliphatic carbocycles. The summed E-state index contributed by atoms with van der Waals surface area (Å²) in [5.74, 6) is 0.390. The number of benzene rings is 1. The maximum absolute atomic E-state index is 12.5. The smallest absolute Gasteiger partial charge is 0.316 e. The van der Waals surface area contributed by atoms with Crippen LogP contribution < -0.4 is 21.1 Å². The summed E-state index contributed by atoms with van der Waals surface area (Å²) in [6.07, 6.45) is 5.94. The van der Waals surface area contributed by atoms with Crippen LogP contribution in [0.2, 0.25) is 0 Å². The molecule has 3 rings (SSSR count). The highest BCUT2D eigenvalue weighted by molar-refractivity contribution is 5.90. The predicted molar refractivity (Wildman–Crippen MR) is 90.7 cm³/mol. The van der Waals surface area contributed by atoms with Gasteiger partial charge in [0, 0.05) is 0 Å². The largest absolute Gasteiger partial charge is 0.497 e. The number of amides is 3. The van der Waals surface area contributed by atoms with Crippen LogP contribution in [0, 0.1) is 0 Å². The summed E-state index contributed by atoms with van der Waals surface area (Å²) in [7, 11) is 1.65. The van der Waals surface area contributed by atoms with Gasteiger partial charge in [-0.05, 0) is 55.4 Å². The molecule has 6 nitrogen and oxygen atoms in total. The lowest BCUT2D eigenvalue weighted by Gasteiger charge is -2.30. The number of urea groups is 1. The molecule has 0 aromatic heterocycles. The van der Waals surface area contributed by atoms with E-state index in [9.17, 15) is 9.59 Å². The first-order valence-electron chi connectivity index (χ1n) is 8.59. The number of fused-ring (bicyclic) bond motifs is 1. The minimum absolute atomic E-state index is 0.0500. The summed E-state index contributed by atoms with van der Waals surface area (Å²) in [6.45, 7) is 0. The Morgan fingerprint density at radius 1 is 1.25 bits per heavy atom. The van der Waals surface area contributed by atoms with E-state index in [2.05, 4.69) is 10.6 Å². The molecule has 0 spiro atoms. The summed E-state index contributed by atoms with van der Waals surface area (Å²) in [4.78, 5) is 24.2. The topological polar surface area (TPSA) is 93.4 Å². The van der Waals surface area contributed by atoms with Gasteiger partial charge in [-0.25, -0.2) is 4.79 Å². The molecule has 1 saturated carbocycles. The molecule has 1 aromatic carbocycles. The van der Waals surface area contributed by atoms with Crippen molar-refractivity contribution in [3.8, 4) is 5.75 Å². The Hall–Kier alpha value is -2.24. The van der Waals surface area contributed by atoms with Gasteiger partial charge in [-0.15, -0.1) is 0 Å². The molecule has 0 unspecified atom stereocenters. The molecular weight excluding hydrogens is 306 g/mol. The Kier molecular flexibility index (Phi) is 4.64. The third-order valence-corrected chi connectivity index (χ3v) is 5.25. The van der Waals surface area contributed by atoms with Crippen LogP contribution in [0.15, 0.2) is 18.2 Å². The average Bonchev–Trinajstić information content (AvgIpc) is 3.04. The summed E-state index contributed by atoms with van der Waals surface area (Å²) in [5, 5.41) is 5.86. The molecule has 0 radical (unpaired) electrons. The van der Waals surface area contributed by atoms with Crippen LogP contribution in [0.5, 0.6) is 5.75 Å². The number of rotatable bonds is 4. The normalized spacial score (nSPS) is 21.6. The summed E-state index contributed by atoms with van der Waals surface area (Å²) < 4.78 is 5.27. The minimum Gasteiger partial charge on any atom is -0.497 e. The van der Waals surface area contributed by atoms with Crippen molar-refractivity contribution in [2.75, 3.05) is 7.11 Å². The van der Waals surface area contributed by atoms with Gasteiger partial charge in [-0.1, -0.05) is 18.9 Å². The standard InChI is InChI=1S/C18H25N3O3/c1-24-13-7-8-14-12(11-13)5-4-6-15(14)20-17(23)21-18(16(19)22)9-2-3-10-18/h7-8,11,15H,2-6,9-10H2,1H3,(H2,19,22)(H2,20,21,23)/t15-/m1/s1. The fraction of sp³-hybridized carbons (Fsp3) is 0.556. The second kappa shape index (κ2) is 6.71. The molecule has 4 N–H and O–H groups in total. The molecule has 3 amide bonds. The molecule has 0 heterocycles. The summed E-state index contributed by atoms with van der Waals surface area (Å²) >= 11 is 0. The van der Waals surface area contributed by atoms with E-state index in [-0.39, 0.29) is 12.1 Å². The lowest BCUT2D eigenvalue weighted by molar-refractivity contribution is -0.123. The summed E-state index contributed by atoms with van der Waals surface area (Å²) in [5.41, 5.74) is 6.97. The first-order valence-corrected chi connectivity index (χ1v) is 8.59. The molecule has 24 heavy (non-hydrogen) atoms. The first kappa shape index (κ1) is 16.6. The second-order valence-corrected chi connectivity index (χ2v) is 6.76. The van der Waals surface area contributed by atoms with Crippen LogP contribution in [0.3, 0.4) is 0 Å². The number of carbonyl (C=O) groups excluding carboxylic acids is 2. The van der Waals surface area contributed by atoms with Gasteiger partial charge in [0.1, 0.15) is 11.3 Å². The molecule has 6 heteroatoms. The number of primary amides is 1. The highest BCUT2D eigenvalue weighted by Gasteiger charge is 2.41. The van der Waals surface area contributed by atoms with Crippen molar-refractivity contribution in [3.63, 3.8) is 0 Å². The van der Waals surface area contributed by atoms with Crippen molar-refractivity contribution in [2.24, 2.45) is 5.73 Å². The zero-order chi connectivity index (χ0) is 17.2. The first-order chi connectivity index (χ1) is 11.5. The van der Waals surface area contributed by atoms with E-state index in [1.807, 2.05) is 18.2 Å². The number of hydrogen-bond donors (Lipinski definition) is 3. The number of aryl methyl sites for hydroxylation is 1. The van der Waals surface area contributed by atoms with Gasteiger partial charge in [0.2, 0.25) is 5.91 Å². The monoisotopic (exact) mass is 331 g/mol. The molecule has 0 aliphatic heterocycles. The van der Waals surface area contributed by atoms with E-state index in [4.69, 9.17) is 10.5 Å². The molecule has 0 saturated heterocycles. The van der Waals surface area contributed by atoms with Crippen LogP contribution in [0.1, 0.15) is 55.7 Å². The number of hydrogen-bond acceptors (Lipinski definition) is 3. The quantitative estimate of drug-likeness (QED) is 0.789. The van der Waals surface area contributed by atoms with Gasteiger partial charge in [0.15, 0.2) is 0 Å². The van der Waals surface area contributed by atoms with E-state index < -0.39 is 11.4 Å². The van der Waals surface area contributed by atoms with E-state index in [0.29, 0.717) is 12.8 Å². The molecule has 1 atom stereocenters. The van der Waals surface area contributed by atoms with Gasteiger partial charge < -0.3 is 21.1 Å². The number of nitrogens with two attached hydrogens (primary N) is 1. The highest BCUT2D eigenvalue weighted by atomic mass is 16.5. The van der Waals surface area contributed by atoms with Crippen molar-refractivity contribution < 1.29 is 14.3 Å². The van der Waals surface area contributed by atoms with Crippen molar-refractivity contribution in [3.05, 3.63) is 29.3 Å². The zero-order valence-corrected chi connectivity index (χ0v) is 14.1. The fourth-order valence-electron chi connectivity index (χ4n) is 3.89. The molecule has 1 aromatic rings. The number of methoxy groups -OCH3 is 1. The van der Waals surface area contributed by atoms with Crippen LogP contribution >= 0.6 is 0 Å². The second-order valence-electron chi connectivity index (χ2n) is 6.76. The number of ether oxygens (including phenoxy) is 1. The Labute approximate surface area is 142 Å². The predicted octanol–water partition coefficient (Wildman–Crippen LogP) is 2.17. The minimum atomic E-state index is -0.887. The van der Waals surface area contributed by atoms with E-state index in [1.165, 1.54) is 5.56 Å². The average molecular weight is 331 g/mol. The van der Waals surface area contributed by atoms with Gasteiger partial charge in [-0.3, -0.25) is 4.79 Å². The highest BCUT2D eigenvalue weighted by Crippen LogP contribution is 2.33.